The van der Waals surface area contributed by atoms with Gasteiger partial charge in [-0.2, -0.15) is 0 Å². The van der Waals surface area contributed by atoms with Gasteiger partial charge >= 0.3 is 0 Å². The van der Waals surface area contributed by atoms with Crippen molar-refractivity contribution in [3.8, 4) is 0 Å². The van der Waals surface area contributed by atoms with E-state index in [0.717, 1.165) is 6.42 Å². The maximum atomic E-state index is 13.0. The average molecular weight is 419 g/mol. The van der Waals surface area contributed by atoms with E-state index >= 15 is 0 Å². The molecule has 28 heavy (non-hydrogen) atoms. The van der Waals surface area contributed by atoms with Crippen LogP contribution in [0.15, 0.2) is 52.4 Å². The van der Waals surface area contributed by atoms with Gasteiger partial charge in [-0.1, -0.05) is 30.3 Å². The quantitative estimate of drug-likeness (QED) is 0.214. The van der Waals surface area contributed by atoms with Crippen LogP contribution < -0.4 is 5.56 Å². The lowest BCUT2D eigenvalue weighted by Crippen LogP contribution is -2.23. The molecule has 0 aliphatic carbocycles. The number of ketones is 1. The summed E-state index contributed by atoms with van der Waals surface area (Å²) in [5.74, 6) is 0.267. The lowest BCUT2D eigenvalue weighted by atomic mass is 10.1. The second-order valence-electron chi connectivity index (χ2n) is 6.39. The van der Waals surface area contributed by atoms with Gasteiger partial charge in [0.05, 0.1) is 10.9 Å². The fourth-order valence-corrected chi connectivity index (χ4v) is 4.01. The third-order valence-corrected chi connectivity index (χ3v) is 5.57. The summed E-state index contributed by atoms with van der Waals surface area (Å²) >= 11 is 7.50. The van der Waals surface area contributed by atoms with Crippen molar-refractivity contribution >= 4 is 40.0 Å². The molecule has 146 valence electrons. The van der Waals surface area contributed by atoms with E-state index in [1.54, 1.807) is 22.8 Å². The van der Waals surface area contributed by atoms with Crippen molar-refractivity contribution < 1.29 is 9.18 Å². The van der Waals surface area contributed by atoms with Crippen molar-refractivity contribution in [2.75, 3.05) is 5.75 Å². The van der Waals surface area contributed by atoms with E-state index in [1.807, 2.05) is 6.92 Å². The highest BCUT2D eigenvalue weighted by Crippen LogP contribution is 2.22. The number of halogens is 2. The van der Waals surface area contributed by atoms with Crippen LogP contribution in [0.4, 0.5) is 4.39 Å². The summed E-state index contributed by atoms with van der Waals surface area (Å²) in [6, 6.07) is 10.7. The summed E-state index contributed by atoms with van der Waals surface area (Å²) < 4.78 is 14.6. The topological polar surface area (TPSA) is 52.0 Å². The van der Waals surface area contributed by atoms with Crippen molar-refractivity contribution in [1.29, 1.82) is 0 Å². The van der Waals surface area contributed by atoms with E-state index in [0.29, 0.717) is 51.8 Å². The Morgan fingerprint density at radius 3 is 2.68 bits per heavy atom. The summed E-state index contributed by atoms with van der Waals surface area (Å²) in [5, 5.41) is 1.72. The molecule has 0 aliphatic heterocycles. The average Bonchev–Trinajstić information content (AvgIpc) is 2.68. The van der Waals surface area contributed by atoms with E-state index in [4.69, 9.17) is 11.6 Å². The molecule has 0 bridgehead atoms. The van der Waals surface area contributed by atoms with Crippen LogP contribution in [0, 0.1) is 5.82 Å². The van der Waals surface area contributed by atoms with Crippen LogP contribution in [0.5, 0.6) is 0 Å². The molecule has 0 atom stereocenters. The van der Waals surface area contributed by atoms with Crippen LogP contribution in [0.1, 0.15) is 36.5 Å². The molecule has 2 aromatic carbocycles. The number of carbonyl (C=O) groups excluding carboxylic acids is 1. The van der Waals surface area contributed by atoms with Crippen LogP contribution >= 0.6 is 23.4 Å². The largest absolute Gasteiger partial charge is 0.294 e. The minimum absolute atomic E-state index is 0.0233. The summed E-state index contributed by atoms with van der Waals surface area (Å²) in [4.78, 5) is 29.6. The van der Waals surface area contributed by atoms with Crippen molar-refractivity contribution in [3.63, 3.8) is 0 Å². The Bertz CT molecular complexity index is 1050. The number of nitrogens with zero attached hydrogens (tertiary/aromatic N) is 2. The zero-order valence-corrected chi connectivity index (χ0v) is 17.0. The van der Waals surface area contributed by atoms with Crippen molar-refractivity contribution in [3.05, 3.63) is 69.2 Å². The van der Waals surface area contributed by atoms with E-state index in [-0.39, 0.29) is 17.2 Å². The molecule has 0 N–H and O–H groups in total. The van der Waals surface area contributed by atoms with Gasteiger partial charge in [-0.15, -0.1) is 0 Å². The zero-order valence-electron chi connectivity index (χ0n) is 15.5. The summed E-state index contributed by atoms with van der Waals surface area (Å²) in [7, 11) is 0. The predicted octanol–water partition coefficient (Wildman–Crippen LogP) is 5.35. The summed E-state index contributed by atoms with van der Waals surface area (Å²) in [5.41, 5.74) is 1.01. The first-order valence-corrected chi connectivity index (χ1v) is 10.5. The molecule has 4 nitrogen and oxygen atoms in total. The fraction of sp³-hybridized carbons (Fsp3) is 0.286. The van der Waals surface area contributed by atoms with Gasteiger partial charge in [-0.25, -0.2) is 9.37 Å². The number of aromatic nitrogens is 2. The molecule has 0 aliphatic rings. The molecular formula is C21H20ClFN2O2S. The molecule has 0 saturated carbocycles. The fourth-order valence-electron chi connectivity index (χ4n) is 2.88. The second kappa shape index (κ2) is 9.34. The lowest BCUT2D eigenvalue weighted by molar-refractivity contribution is 0.0982. The molecule has 0 amide bonds. The van der Waals surface area contributed by atoms with Crippen LogP contribution in [-0.4, -0.2) is 21.1 Å². The molecule has 7 heteroatoms. The molecule has 0 fully saturated rings. The number of carbonyl (C=O) groups is 1. The molecule has 1 aromatic heterocycles. The maximum Gasteiger partial charge on any atom is 0.262 e. The standard InChI is InChI=1S/C21H20ClFN2O2S/c1-2-11-25-20(27)17-10-7-15(22)13-18(17)24-21(25)28-12-3-4-19(26)14-5-8-16(23)9-6-14/h5-10,13H,2-4,11-12H2,1H3. The molecule has 1 heterocycles. The Hall–Kier alpha value is -2.18. The Balaban J connectivity index is 1.70. The minimum Gasteiger partial charge on any atom is -0.294 e. The molecule has 0 spiro atoms. The van der Waals surface area contributed by atoms with Crippen molar-refractivity contribution in [2.24, 2.45) is 0 Å². The molecular weight excluding hydrogens is 399 g/mol. The number of Topliss-reactive ketones (excluding diaryl/α,β-unsaturated/α-hetero) is 1. The van der Waals surface area contributed by atoms with Crippen LogP contribution in [0.2, 0.25) is 5.02 Å². The Kier molecular flexibility index (Phi) is 6.86. The van der Waals surface area contributed by atoms with Gasteiger partial charge in [0.25, 0.3) is 5.56 Å². The van der Waals surface area contributed by atoms with Gasteiger partial charge in [0.15, 0.2) is 10.9 Å². The second-order valence-corrected chi connectivity index (χ2v) is 7.89. The molecule has 3 aromatic rings. The lowest BCUT2D eigenvalue weighted by Gasteiger charge is -2.12. The molecule has 0 saturated heterocycles. The highest BCUT2D eigenvalue weighted by molar-refractivity contribution is 7.99. The third-order valence-electron chi connectivity index (χ3n) is 4.28. The Morgan fingerprint density at radius 1 is 1.21 bits per heavy atom. The number of hydrogen-bond acceptors (Lipinski definition) is 4. The SMILES string of the molecule is CCCn1c(SCCCC(=O)c2ccc(F)cc2)nc2cc(Cl)ccc2c1=O. The first kappa shape index (κ1) is 20.6. The number of hydrogen-bond donors (Lipinski definition) is 0. The number of rotatable bonds is 8. The number of fused-ring (bicyclic) bond motifs is 1. The van der Waals surface area contributed by atoms with E-state index < -0.39 is 0 Å². The number of thioether (sulfide) groups is 1. The zero-order chi connectivity index (χ0) is 20.1. The van der Waals surface area contributed by atoms with Gasteiger partial charge in [-0.3, -0.25) is 14.2 Å². The highest BCUT2D eigenvalue weighted by atomic mass is 35.5. The predicted molar refractivity (Wildman–Crippen MR) is 112 cm³/mol. The van der Waals surface area contributed by atoms with Gasteiger partial charge in [0.1, 0.15) is 5.82 Å². The van der Waals surface area contributed by atoms with Crippen molar-refractivity contribution in [2.45, 2.75) is 37.9 Å². The van der Waals surface area contributed by atoms with E-state index in [9.17, 15) is 14.0 Å². The molecule has 0 unspecified atom stereocenters. The van der Waals surface area contributed by atoms with Crippen LogP contribution in [0.25, 0.3) is 10.9 Å². The Labute approximate surface area is 171 Å². The van der Waals surface area contributed by atoms with E-state index in [1.165, 1.54) is 36.0 Å². The smallest absolute Gasteiger partial charge is 0.262 e. The Morgan fingerprint density at radius 2 is 1.96 bits per heavy atom. The van der Waals surface area contributed by atoms with Gasteiger partial charge in [0, 0.05) is 29.3 Å². The summed E-state index contributed by atoms with van der Waals surface area (Å²) in [6.07, 6.45) is 1.81. The first-order chi connectivity index (χ1) is 13.5. The highest BCUT2D eigenvalue weighted by Gasteiger charge is 2.12. The van der Waals surface area contributed by atoms with Gasteiger partial charge in [-0.05, 0) is 55.3 Å². The molecule has 3 rings (SSSR count). The molecule has 0 radical (unpaired) electrons. The normalized spacial score (nSPS) is 11.1. The summed E-state index contributed by atoms with van der Waals surface area (Å²) in [6.45, 7) is 2.59. The number of benzene rings is 2. The maximum absolute atomic E-state index is 13.0. The minimum atomic E-state index is -0.358. The van der Waals surface area contributed by atoms with Crippen LogP contribution in [-0.2, 0) is 6.54 Å². The third kappa shape index (κ3) is 4.80. The van der Waals surface area contributed by atoms with Gasteiger partial charge < -0.3 is 0 Å². The van der Waals surface area contributed by atoms with Gasteiger partial charge in [0.2, 0.25) is 0 Å². The monoisotopic (exact) mass is 418 g/mol. The van der Waals surface area contributed by atoms with Crippen molar-refractivity contribution in [1.82, 2.24) is 9.55 Å². The van der Waals surface area contributed by atoms with E-state index in [2.05, 4.69) is 4.98 Å². The first-order valence-electron chi connectivity index (χ1n) is 9.11. The van der Waals surface area contributed by atoms with Crippen LogP contribution in [0.3, 0.4) is 0 Å².